The normalized spacial score (nSPS) is 11.5. The van der Waals surface area contributed by atoms with Crippen molar-refractivity contribution in [3.05, 3.63) is 28.1 Å². The Kier molecular flexibility index (Phi) is 7.32. The minimum Gasteiger partial charge on any atom is -0.465 e. The van der Waals surface area contributed by atoms with E-state index in [0.717, 1.165) is 7.11 Å². The topological polar surface area (TPSA) is 73.3 Å². The number of pyridine rings is 1. The predicted molar refractivity (Wildman–Crippen MR) is 93.7 cm³/mol. The number of esters is 1. The minimum absolute atomic E-state index is 0.0351. The number of ether oxygens (including phenoxy) is 1. The Labute approximate surface area is 163 Å². The Morgan fingerprint density at radius 2 is 1.62 bits per heavy atom. The Hall–Kier alpha value is -0.590. The van der Waals surface area contributed by atoms with Crippen LogP contribution in [0.4, 0.5) is 0 Å². The summed E-state index contributed by atoms with van der Waals surface area (Å²) in [6.45, 7) is 3.64. The molecule has 0 aliphatic rings. The lowest BCUT2D eigenvalue weighted by Crippen LogP contribution is -2.23. The average Bonchev–Trinajstić information content (AvgIpc) is 2.42. The zero-order chi connectivity index (χ0) is 18.8. The molecule has 1 aromatic rings. The number of halogens is 5. The van der Waals surface area contributed by atoms with Crippen molar-refractivity contribution in [1.82, 2.24) is 4.98 Å². The predicted octanol–water partition coefficient (Wildman–Crippen LogP) is 4.65. The SMILES string of the molecule is COC(=O)c1c(C(Cl)(Cl)Cl)nc(C(=O)Cl)c(C(=O)Cl)c1CC(C)C. The molecule has 0 N–H and O–H groups in total. The zero-order valence-electron chi connectivity index (χ0n) is 12.8. The maximum atomic E-state index is 12.2. The zero-order valence-corrected chi connectivity index (χ0v) is 16.5. The lowest BCUT2D eigenvalue weighted by Gasteiger charge is -2.21. The highest BCUT2D eigenvalue weighted by atomic mass is 35.6. The largest absolute Gasteiger partial charge is 0.465 e. The molecule has 0 aromatic carbocycles. The summed E-state index contributed by atoms with van der Waals surface area (Å²) in [6, 6.07) is 0. The molecule has 0 bridgehead atoms. The molecular weight excluding hydrogens is 423 g/mol. The molecule has 0 amide bonds. The molecule has 1 rings (SSSR count). The van der Waals surface area contributed by atoms with Crippen molar-refractivity contribution in [2.75, 3.05) is 7.11 Å². The minimum atomic E-state index is -2.16. The van der Waals surface area contributed by atoms with Gasteiger partial charge in [-0.2, -0.15) is 0 Å². The van der Waals surface area contributed by atoms with E-state index in [2.05, 4.69) is 4.98 Å². The van der Waals surface area contributed by atoms with Crippen LogP contribution in [0.1, 0.15) is 56.3 Å². The van der Waals surface area contributed by atoms with E-state index in [1.54, 1.807) is 0 Å². The van der Waals surface area contributed by atoms with Gasteiger partial charge in [0.1, 0.15) is 11.4 Å². The molecule has 5 nitrogen and oxygen atoms in total. The first kappa shape index (κ1) is 21.5. The summed E-state index contributed by atoms with van der Waals surface area (Å²) in [6.07, 6.45) is 0.172. The van der Waals surface area contributed by atoms with E-state index in [1.165, 1.54) is 0 Å². The van der Waals surface area contributed by atoms with Gasteiger partial charge in [-0.1, -0.05) is 48.7 Å². The van der Waals surface area contributed by atoms with E-state index < -0.39 is 25.9 Å². The van der Waals surface area contributed by atoms with E-state index in [4.69, 9.17) is 62.7 Å². The summed E-state index contributed by atoms with van der Waals surface area (Å²) in [4.78, 5) is 39.6. The average molecular weight is 436 g/mol. The Bertz CT molecular complexity index is 697. The van der Waals surface area contributed by atoms with Crippen molar-refractivity contribution in [2.24, 2.45) is 5.92 Å². The number of aromatic nitrogens is 1. The molecule has 0 spiro atoms. The van der Waals surface area contributed by atoms with Crippen molar-refractivity contribution in [3.63, 3.8) is 0 Å². The van der Waals surface area contributed by atoms with E-state index in [-0.39, 0.29) is 34.7 Å². The number of nitrogens with zero attached hydrogens (tertiary/aromatic N) is 1. The molecule has 0 saturated heterocycles. The lowest BCUT2D eigenvalue weighted by atomic mass is 9.92. The first-order chi connectivity index (χ1) is 10.9. The van der Waals surface area contributed by atoms with E-state index in [1.807, 2.05) is 13.8 Å². The molecule has 0 atom stereocenters. The summed E-state index contributed by atoms with van der Waals surface area (Å²) >= 11 is 28.7. The second kappa shape index (κ2) is 8.19. The van der Waals surface area contributed by atoms with Gasteiger partial charge in [-0.3, -0.25) is 9.59 Å². The van der Waals surface area contributed by atoms with Crippen LogP contribution < -0.4 is 0 Å². The van der Waals surface area contributed by atoms with Crippen molar-refractivity contribution in [2.45, 2.75) is 24.1 Å². The molecule has 10 heteroatoms. The third kappa shape index (κ3) is 4.73. The maximum absolute atomic E-state index is 12.2. The Morgan fingerprint density at radius 1 is 1.08 bits per heavy atom. The van der Waals surface area contributed by atoms with Gasteiger partial charge in [0.2, 0.25) is 3.79 Å². The van der Waals surface area contributed by atoms with Crippen LogP contribution in [0.3, 0.4) is 0 Å². The number of carbonyl (C=O) groups excluding carboxylic acids is 3. The summed E-state index contributed by atoms with van der Waals surface area (Å²) in [5, 5.41) is -2.08. The third-order valence-electron chi connectivity index (χ3n) is 2.95. The van der Waals surface area contributed by atoms with Crippen LogP contribution in [0, 0.1) is 5.92 Å². The van der Waals surface area contributed by atoms with Gasteiger partial charge in [0.15, 0.2) is 0 Å². The molecule has 0 fully saturated rings. The number of hydrogen-bond donors (Lipinski definition) is 0. The first-order valence-corrected chi connectivity index (χ1v) is 8.42. The molecule has 132 valence electrons. The fourth-order valence-electron chi connectivity index (χ4n) is 2.13. The molecule has 1 aromatic heterocycles. The van der Waals surface area contributed by atoms with Gasteiger partial charge < -0.3 is 4.74 Å². The van der Waals surface area contributed by atoms with Crippen LogP contribution in [-0.2, 0) is 15.0 Å². The van der Waals surface area contributed by atoms with Crippen molar-refractivity contribution >= 4 is 74.5 Å². The van der Waals surface area contributed by atoms with Gasteiger partial charge in [-0.15, -0.1) is 0 Å². The standard InChI is InChI=1S/C14H12Cl5NO4/c1-5(2)4-6-7(11(15)21)9(12(16)22)20-10(14(17,18)19)8(6)13(23)24-3/h5H,4H2,1-3H3. The monoisotopic (exact) mass is 433 g/mol. The number of methoxy groups -OCH3 is 1. The summed E-state index contributed by atoms with van der Waals surface area (Å²) < 4.78 is 2.54. The highest BCUT2D eigenvalue weighted by molar-refractivity contribution is 6.72. The van der Waals surface area contributed by atoms with E-state index in [9.17, 15) is 14.4 Å². The summed E-state index contributed by atoms with van der Waals surface area (Å²) in [7, 11) is 1.12. The van der Waals surface area contributed by atoms with Crippen LogP contribution >= 0.6 is 58.0 Å². The second-order valence-corrected chi connectivity index (χ2v) is 8.14. The summed E-state index contributed by atoms with van der Waals surface area (Å²) in [5.41, 5.74) is -1.28. The lowest BCUT2D eigenvalue weighted by molar-refractivity contribution is 0.0597. The molecule has 24 heavy (non-hydrogen) atoms. The smallest absolute Gasteiger partial charge is 0.340 e. The van der Waals surface area contributed by atoms with Gasteiger partial charge in [0, 0.05) is 0 Å². The molecule has 0 aliphatic carbocycles. The number of rotatable bonds is 5. The highest BCUT2D eigenvalue weighted by Crippen LogP contribution is 2.42. The van der Waals surface area contributed by atoms with Gasteiger partial charge in [-0.05, 0) is 41.1 Å². The van der Waals surface area contributed by atoms with Crippen LogP contribution in [0.15, 0.2) is 0 Å². The molecule has 0 aliphatic heterocycles. The van der Waals surface area contributed by atoms with Crippen LogP contribution in [0.25, 0.3) is 0 Å². The fraction of sp³-hybridized carbons (Fsp3) is 0.429. The molecular formula is C14H12Cl5NO4. The molecule has 0 saturated carbocycles. The van der Waals surface area contributed by atoms with Crippen molar-refractivity contribution in [3.8, 4) is 0 Å². The van der Waals surface area contributed by atoms with Gasteiger partial charge >= 0.3 is 5.97 Å². The number of alkyl halides is 3. The second-order valence-electron chi connectivity index (χ2n) is 5.17. The van der Waals surface area contributed by atoms with Crippen LogP contribution in [0.2, 0.25) is 0 Å². The van der Waals surface area contributed by atoms with E-state index >= 15 is 0 Å². The molecule has 1 heterocycles. The number of hydrogen-bond acceptors (Lipinski definition) is 5. The van der Waals surface area contributed by atoms with Crippen LogP contribution in [-0.4, -0.2) is 28.5 Å². The molecule has 0 unspecified atom stereocenters. The highest BCUT2D eigenvalue weighted by Gasteiger charge is 2.37. The summed E-state index contributed by atoms with van der Waals surface area (Å²) in [5.74, 6) is -0.917. The Balaban J connectivity index is 4.07. The van der Waals surface area contributed by atoms with E-state index in [0.29, 0.717) is 0 Å². The number of carbonyl (C=O) groups is 3. The van der Waals surface area contributed by atoms with Gasteiger partial charge in [0.05, 0.1) is 18.2 Å². The maximum Gasteiger partial charge on any atom is 0.340 e. The Morgan fingerprint density at radius 3 is 1.96 bits per heavy atom. The van der Waals surface area contributed by atoms with Crippen LogP contribution in [0.5, 0.6) is 0 Å². The van der Waals surface area contributed by atoms with Crippen molar-refractivity contribution < 1.29 is 19.1 Å². The van der Waals surface area contributed by atoms with Crippen molar-refractivity contribution in [1.29, 1.82) is 0 Å². The van der Waals surface area contributed by atoms with Gasteiger partial charge in [0.25, 0.3) is 10.5 Å². The quantitative estimate of drug-likeness (QED) is 0.382. The first-order valence-electron chi connectivity index (χ1n) is 6.53. The third-order valence-corrected chi connectivity index (χ3v) is 3.86. The molecule has 0 radical (unpaired) electrons. The fourth-order valence-corrected chi connectivity index (χ4v) is 2.88. The van der Waals surface area contributed by atoms with Gasteiger partial charge in [-0.25, -0.2) is 9.78 Å².